The highest BCUT2D eigenvalue weighted by Crippen LogP contribution is 2.33. The van der Waals surface area contributed by atoms with Crippen molar-refractivity contribution in [3.63, 3.8) is 0 Å². The second kappa shape index (κ2) is 9.56. The highest BCUT2D eigenvalue weighted by molar-refractivity contribution is 6.30. The summed E-state index contributed by atoms with van der Waals surface area (Å²) in [5.41, 5.74) is 2.10. The van der Waals surface area contributed by atoms with Crippen molar-refractivity contribution >= 4 is 23.1 Å². The molecule has 0 saturated heterocycles. The van der Waals surface area contributed by atoms with Gasteiger partial charge in [-0.25, -0.2) is 0 Å². The standard InChI is InChI=1S/C23H23ClF3NO2/c1-2-30-22(29)11-17-10-19(18-4-3-5-21(24)12-18)15-28(14-17)13-16-6-8-20(9-7-16)23(25,26)27/h3-9,12,15,17H,2,10-11,13-14H2,1H3. The Bertz CT molecular complexity index is 909. The van der Waals surface area contributed by atoms with Crippen LogP contribution < -0.4 is 0 Å². The first-order valence-corrected chi connectivity index (χ1v) is 10.1. The monoisotopic (exact) mass is 437 g/mol. The molecule has 1 heterocycles. The molecule has 0 fully saturated rings. The summed E-state index contributed by atoms with van der Waals surface area (Å²) in [7, 11) is 0. The molecule has 0 aromatic heterocycles. The van der Waals surface area contributed by atoms with Crippen LogP contribution >= 0.6 is 11.6 Å². The Balaban J connectivity index is 1.81. The van der Waals surface area contributed by atoms with Gasteiger partial charge in [0.2, 0.25) is 0 Å². The molecule has 1 aliphatic rings. The zero-order chi connectivity index (χ0) is 21.7. The van der Waals surface area contributed by atoms with E-state index in [9.17, 15) is 18.0 Å². The molecular formula is C23H23ClF3NO2. The van der Waals surface area contributed by atoms with Gasteiger partial charge in [0.25, 0.3) is 0 Å². The average Bonchev–Trinajstić information content (AvgIpc) is 2.67. The molecule has 0 amide bonds. The molecular weight excluding hydrogens is 415 g/mol. The van der Waals surface area contributed by atoms with Crippen molar-refractivity contribution in [2.45, 2.75) is 32.5 Å². The minimum atomic E-state index is -4.35. The van der Waals surface area contributed by atoms with E-state index in [0.717, 1.165) is 28.8 Å². The van der Waals surface area contributed by atoms with Crippen LogP contribution in [0.25, 0.3) is 5.57 Å². The van der Waals surface area contributed by atoms with Crippen LogP contribution in [0.3, 0.4) is 0 Å². The number of hydrogen-bond donors (Lipinski definition) is 0. The third kappa shape index (κ3) is 6.02. The van der Waals surface area contributed by atoms with E-state index in [-0.39, 0.29) is 18.3 Å². The number of carbonyl (C=O) groups excluding carboxylic acids is 1. The third-order valence-electron chi connectivity index (χ3n) is 4.96. The topological polar surface area (TPSA) is 29.5 Å². The molecule has 1 atom stereocenters. The number of carbonyl (C=O) groups is 1. The molecule has 0 N–H and O–H groups in total. The molecule has 2 aromatic rings. The van der Waals surface area contributed by atoms with Gasteiger partial charge < -0.3 is 9.64 Å². The summed E-state index contributed by atoms with van der Waals surface area (Å²) in [5.74, 6) is -0.207. The van der Waals surface area contributed by atoms with E-state index in [2.05, 4.69) is 0 Å². The van der Waals surface area contributed by atoms with E-state index < -0.39 is 11.7 Å². The Hall–Kier alpha value is -2.47. The molecule has 160 valence electrons. The van der Waals surface area contributed by atoms with Crippen LogP contribution in [-0.2, 0) is 22.3 Å². The summed E-state index contributed by atoms with van der Waals surface area (Å²) in [6.07, 6.45) is -1.36. The van der Waals surface area contributed by atoms with E-state index in [1.165, 1.54) is 12.1 Å². The lowest BCUT2D eigenvalue weighted by atomic mass is 9.89. The molecule has 0 saturated carbocycles. The molecule has 3 rings (SSSR count). The highest BCUT2D eigenvalue weighted by Gasteiger charge is 2.30. The third-order valence-corrected chi connectivity index (χ3v) is 5.20. The molecule has 3 nitrogen and oxygen atoms in total. The van der Waals surface area contributed by atoms with Gasteiger partial charge in [-0.15, -0.1) is 0 Å². The Morgan fingerprint density at radius 3 is 2.57 bits per heavy atom. The molecule has 1 aliphatic heterocycles. The predicted molar refractivity (Wildman–Crippen MR) is 111 cm³/mol. The normalized spacial score (nSPS) is 16.9. The van der Waals surface area contributed by atoms with Crippen molar-refractivity contribution in [1.82, 2.24) is 4.90 Å². The molecule has 0 radical (unpaired) electrons. The van der Waals surface area contributed by atoms with Crippen LogP contribution in [0.5, 0.6) is 0 Å². The molecule has 0 spiro atoms. The lowest BCUT2D eigenvalue weighted by Crippen LogP contribution is -2.30. The summed E-state index contributed by atoms with van der Waals surface area (Å²) in [4.78, 5) is 14.1. The largest absolute Gasteiger partial charge is 0.466 e. The van der Waals surface area contributed by atoms with E-state index in [4.69, 9.17) is 16.3 Å². The highest BCUT2D eigenvalue weighted by atomic mass is 35.5. The van der Waals surface area contributed by atoms with E-state index in [1.807, 2.05) is 29.3 Å². The number of benzene rings is 2. The molecule has 2 aromatic carbocycles. The SMILES string of the molecule is CCOC(=O)CC1CC(c2cccc(Cl)c2)=CN(Cc2ccc(C(F)(F)F)cc2)C1. The second-order valence-electron chi connectivity index (χ2n) is 7.37. The zero-order valence-electron chi connectivity index (χ0n) is 16.6. The van der Waals surface area contributed by atoms with Crippen LogP contribution in [0.1, 0.15) is 36.5 Å². The number of hydrogen-bond acceptors (Lipinski definition) is 3. The smallest absolute Gasteiger partial charge is 0.416 e. The van der Waals surface area contributed by atoms with E-state index >= 15 is 0 Å². The summed E-state index contributed by atoms with van der Waals surface area (Å²) in [5, 5.41) is 0.621. The van der Waals surface area contributed by atoms with Crippen LogP contribution in [0.4, 0.5) is 13.2 Å². The average molecular weight is 438 g/mol. The summed E-state index contributed by atoms with van der Waals surface area (Å²) in [6, 6.07) is 12.7. The number of rotatable bonds is 6. The number of nitrogens with zero attached hydrogens (tertiary/aromatic N) is 1. The zero-order valence-corrected chi connectivity index (χ0v) is 17.3. The first-order valence-electron chi connectivity index (χ1n) is 9.77. The Kier molecular flexibility index (Phi) is 7.08. The number of halogens is 4. The molecule has 7 heteroatoms. The summed E-state index contributed by atoms with van der Waals surface area (Å²) < 4.78 is 43.5. The minimum absolute atomic E-state index is 0.0393. The maximum Gasteiger partial charge on any atom is 0.416 e. The maximum atomic E-state index is 12.8. The van der Waals surface area contributed by atoms with Crippen LogP contribution in [0.15, 0.2) is 54.7 Å². The number of allylic oxidation sites excluding steroid dienone is 1. The first kappa shape index (κ1) is 22.2. The summed E-state index contributed by atoms with van der Waals surface area (Å²) in [6.45, 7) is 3.16. The lowest BCUT2D eigenvalue weighted by molar-refractivity contribution is -0.144. The van der Waals surface area contributed by atoms with Gasteiger partial charge in [0.05, 0.1) is 18.6 Å². The van der Waals surface area contributed by atoms with Crippen molar-refractivity contribution in [2.24, 2.45) is 5.92 Å². The molecule has 0 aliphatic carbocycles. The van der Waals surface area contributed by atoms with Crippen molar-refractivity contribution < 1.29 is 22.7 Å². The lowest BCUT2D eigenvalue weighted by Gasteiger charge is -2.33. The van der Waals surface area contributed by atoms with E-state index in [1.54, 1.807) is 13.0 Å². The van der Waals surface area contributed by atoms with Crippen molar-refractivity contribution in [3.8, 4) is 0 Å². The van der Waals surface area contributed by atoms with Gasteiger partial charge in [-0.2, -0.15) is 13.2 Å². The van der Waals surface area contributed by atoms with Gasteiger partial charge in [-0.05, 0) is 60.2 Å². The van der Waals surface area contributed by atoms with Gasteiger partial charge in [-0.1, -0.05) is 35.9 Å². The summed E-state index contributed by atoms with van der Waals surface area (Å²) >= 11 is 6.14. The van der Waals surface area contributed by atoms with Gasteiger partial charge in [0, 0.05) is 24.3 Å². The second-order valence-corrected chi connectivity index (χ2v) is 7.80. The number of esters is 1. The van der Waals surface area contributed by atoms with Crippen LogP contribution in [0, 0.1) is 5.92 Å². The fourth-order valence-electron chi connectivity index (χ4n) is 3.65. The predicted octanol–water partition coefficient (Wildman–Crippen LogP) is 6.18. The Morgan fingerprint density at radius 2 is 1.93 bits per heavy atom. The minimum Gasteiger partial charge on any atom is -0.466 e. The van der Waals surface area contributed by atoms with Crippen molar-refractivity contribution in [1.29, 1.82) is 0 Å². The van der Waals surface area contributed by atoms with Crippen LogP contribution in [0.2, 0.25) is 5.02 Å². The number of ether oxygens (including phenoxy) is 1. The fraction of sp³-hybridized carbons (Fsp3) is 0.348. The van der Waals surface area contributed by atoms with E-state index in [0.29, 0.717) is 31.1 Å². The molecule has 1 unspecified atom stereocenters. The number of alkyl halides is 3. The quantitative estimate of drug-likeness (QED) is 0.506. The van der Waals surface area contributed by atoms with Gasteiger partial charge in [-0.3, -0.25) is 4.79 Å². The molecule has 0 bridgehead atoms. The van der Waals surface area contributed by atoms with Crippen LogP contribution in [-0.4, -0.2) is 24.0 Å². The fourth-order valence-corrected chi connectivity index (χ4v) is 3.84. The van der Waals surface area contributed by atoms with Gasteiger partial charge in [0.15, 0.2) is 0 Å². The van der Waals surface area contributed by atoms with Crippen molar-refractivity contribution in [2.75, 3.05) is 13.2 Å². The van der Waals surface area contributed by atoms with Gasteiger partial charge >= 0.3 is 12.1 Å². The Labute approximate surface area is 179 Å². The first-order chi connectivity index (χ1) is 14.2. The van der Waals surface area contributed by atoms with Crippen molar-refractivity contribution in [3.05, 3.63) is 76.4 Å². The van der Waals surface area contributed by atoms with Gasteiger partial charge in [0.1, 0.15) is 0 Å². The Morgan fingerprint density at radius 1 is 1.20 bits per heavy atom. The maximum absolute atomic E-state index is 12.8. The molecule has 30 heavy (non-hydrogen) atoms.